The van der Waals surface area contributed by atoms with Crippen molar-refractivity contribution in [2.75, 3.05) is 11.5 Å². The number of hydrogen-bond donors (Lipinski definition) is 1. The molecule has 0 radical (unpaired) electrons. The molecule has 178 valence electrons. The highest BCUT2D eigenvalue weighted by molar-refractivity contribution is 7.99. The van der Waals surface area contributed by atoms with Crippen LogP contribution in [0.25, 0.3) is 0 Å². The average molecular weight is 553 g/mol. The van der Waals surface area contributed by atoms with E-state index in [0.29, 0.717) is 6.54 Å². The Morgan fingerprint density at radius 1 is 0.800 bits per heavy atom. The van der Waals surface area contributed by atoms with Crippen LogP contribution in [-0.4, -0.2) is 27.3 Å². The number of rotatable bonds is 21. The molecule has 5 heteroatoms. The van der Waals surface area contributed by atoms with Crippen molar-refractivity contribution in [1.82, 2.24) is 4.57 Å². The summed E-state index contributed by atoms with van der Waals surface area (Å²) in [4.78, 5) is 0. The van der Waals surface area contributed by atoms with Gasteiger partial charge in [0.05, 0.1) is 7.05 Å². The molecule has 0 fully saturated rings. The fourth-order valence-electron chi connectivity index (χ4n) is 3.88. The third-order valence-corrected chi connectivity index (χ3v) is 6.90. The highest BCUT2D eigenvalue weighted by atomic mass is 127. The fourth-order valence-corrected chi connectivity index (χ4v) is 4.83. The molecule has 1 heterocycles. The molecule has 1 rings (SSSR count). The van der Waals surface area contributed by atoms with Gasteiger partial charge in [0.2, 0.25) is 6.33 Å². The lowest BCUT2D eigenvalue weighted by molar-refractivity contribution is -0.671. The van der Waals surface area contributed by atoms with Gasteiger partial charge in [0.15, 0.2) is 0 Å². The van der Waals surface area contributed by atoms with Crippen molar-refractivity contribution < 1.29 is 33.7 Å². The van der Waals surface area contributed by atoms with Crippen LogP contribution in [0, 0.1) is 0 Å². The minimum Gasteiger partial charge on any atom is -1.00 e. The standard InChI is InChI=1S/C25H49N2OS.HI/c1-3-4-5-6-7-8-9-10-11-12-13-14-15-16-17-18-21-29-23-25(28)22-27-20-19-26(2)24-27;/h19-20,24-25,28H,3-18,21-23H2,1-2H3;1H/q+1;/p-1. The van der Waals surface area contributed by atoms with Crippen molar-refractivity contribution in [3.63, 3.8) is 0 Å². The van der Waals surface area contributed by atoms with E-state index in [4.69, 9.17) is 0 Å². The number of aliphatic hydroxyl groups excluding tert-OH is 1. The molecule has 0 bridgehead atoms. The van der Waals surface area contributed by atoms with Gasteiger partial charge in [-0.25, -0.2) is 9.13 Å². The Balaban J connectivity index is 0.00000841. The van der Waals surface area contributed by atoms with E-state index in [2.05, 4.69) is 11.5 Å². The van der Waals surface area contributed by atoms with E-state index in [0.717, 1.165) is 5.75 Å². The first-order valence-corrected chi connectivity index (χ1v) is 13.6. The second-order valence-electron chi connectivity index (χ2n) is 8.81. The number of aromatic nitrogens is 2. The molecule has 3 nitrogen and oxygen atoms in total. The van der Waals surface area contributed by atoms with Crippen LogP contribution in [0.2, 0.25) is 0 Å². The number of hydrogen-bond acceptors (Lipinski definition) is 2. The van der Waals surface area contributed by atoms with Gasteiger partial charge in [-0.2, -0.15) is 11.8 Å². The first kappa shape index (κ1) is 30.2. The Hall–Kier alpha value is 0.250. The van der Waals surface area contributed by atoms with Crippen molar-refractivity contribution >= 4 is 11.8 Å². The molecule has 0 amide bonds. The van der Waals surface area contributed by atoms with Gasteiger partial charge in [-0.1, -0.05) is 103 Å². The molecule has 0 aliphatic carbocycles. The highest BCUT2D eigenvalue weighted by Gasteiger charge is 2.09. The summed E-state index contributed by atoms with van der Waals surface area (Å²) in [6.45, 7) is 2.99. The monoisotopic (exact) mass is 552 g/mol. The molecule has 0 saturated heterocycles. The van der Waals surface area contributed by atoms with Gasteiger partial charge in [0, 0.05) is 5.75 Å². The number of aryl methyl sites for hydroxylation is 1. The summed E-state index contributed by atoms with van der Waals surface area (Å²) in [5.74, 6) is 2.04. The molecule has 30 heavy (non-hydrogen) atoms. The first-order chi connectivity index (χ1) is 14.2. The van der Waals surface area contributed by atoms with Gasteiger partial charge in [-0.05, 0) is 12.2 Å². The van der Waals surface area contributed by atoms with Crippen molar-refractivity contribution in [3.05, 3.63) is 18.7 Å². The third-order valence-electron chi connectivity index (χ3n) is 5.70. The van der Waals surface area contributed by atoms with Crippen LogP contribution in [0.15, 0.2) is 18.7 Å². The maximum atomic E-state index is 10.1. The van der Waals surface area contributed by atoms with Crippen LogP contribution in [0.5, 0.6) is 0 Å². The maximum absolute atomic E-state index is 10.1. The molecule has 1 aromatic heterocycles. The second kappa shape index (κ2) is 22.4. The minimum atomic E-state index is -0.242. The topological polar surface area (TPSA) is 29.0 Å². The quantitative estimate of drug-likeness (QED) is 0.143. The molecule has 1 unspecified atom stereocenters. The van der Waals surface area contributed by atoms with Gasteiger partial charge in [0.25, 0.3) is 0 Å². The summed E-state index contributed by atoms with van der Waals surface area (Å²) >= 11 is 1.90. The molecule has 0 aliphatic heterocycles. The zero-order chi connectivity index (χ0) is 21.0. The van der Waals surface area contributed by atoms with E-state index in [9.17, 15) is 5.11 Å². The molecule has 0 spiro atoms. The van der Waals surface area contributed by atoms with Crippen LogP contribution in [-0.2, 0) is 13.6 Å². The second-order valence-corrected chi connectivity index (χ2v) is 9.96. The predicted octanol–water partition coefficient (Wildman–Crippen LogP) is 3.67. The largest absolute Gasteiger partial charge is 1.00 e. The van der Waals surface area contributed by atoms with Crippen molar-refractivity contribution in [1.29, 1.82) is 0 Å². The number of nitrogens with zero attached hydrogens (tertiary/aromatic N) is 2. The number of imidazole rings is 1. The zero-order valence-corrected chi connectivity index (χ0v) is 22.8. The minimum absolute atomic E-state index is 0. The lowest BCUT2D eigenvalue weighted by Crippen LogP contribution is -3.00. The lowest BCUT2D eigenvalue weighted by Gasteiger charge is -2.08. The number of thioether (sulfide) groups is 1. The van der Waals surface area contributed by atoms with Crippen LogP contribution in [0.3, 0.4) is 0 Å². The van der Waals surface area contributed by atoms with Crippen LogP contribution < -0.4 is 28.5 Å². The Morgan fingerprint density at radius 2 is 1.27 bits per heavy atom. The summed E-state index contributed by atoms with van der Waals surface area (Å²) in [6.07, 6.45) is 28.6. The molecule has 0 saturated carbocycles. The molecule has 1 atom stereocenters. The van der Waals surface area contributed by atoms with Crippen molar-refractivity contribution in [2.24, 2.45) is 7.05 Å². The Labute approximate surface area is 208 Å². The van der Waals surface area contributed by atoms with Crippen LogP contribution in [0.4, 0.5) is 0 Å². The smallest absolute Gasteiger partial charge is 0.243 e. The predicted molar refractivity (Wildman–Crippen MR) is 128 cm³/mol. The lowest BCUT2D eigenvalue weighted by atomic mass is 10.0. The molecule has 0 aromatic carbocycles. The number of aliphatic hydroxyl groups is 1. The van der Waals surface area contributed by atoms with E-state index in [-0.39, 0.29) is 30.1 Å². The summed E-state index contributed by atoms with van der Waals surface area (Å²) < 4.78 is 4.07. The molecular weight excluding hydrogens is 503 g/mol. The van der Waals surface area contributed by atoms with Gasteiger partial charge in [-0.3, -0.25) is 0 Å². The maximum Gasteiger partial charge on any atom is 0.243 e. The Bertz CT molecular complexity index is 470. The number of halogens is 1. The molecule has 1 aromatic rings. The van der Waals surface area contributed by atoms with E-state index in [1.54, 1.807) is 0 Å². The summed E-state index contributed by atoms with van der Waals surface area (Å²) in [5.41, 5.74) is 0. The van der Waals surface area contributed by atoms with E-state index >= 15 is 0 Å². The zero-order valence-electron chi connectivity index (χ0n) is 19.9. The summed E-state index contributed by atoms with van der Waals surface area (Å²) in [5, 5.41) is 10.1. The van der Waals surface area contributed by atoms with Crippen molar-refractivity contribution in [2.45, 2.75) is 122 Å². The molecular formula is C25H49IN2OS. The molecule has 0 aliphatic rings. The van der Waals surface area contributed by atoms with E-state index < -0.39 is 0 Å². The third kappa shape index (κ3) is 19.0. The van der Waals surface area contributed by atoms with Gasteiger partial charge in [0.1, 0.15) is 25.0 Å². The van der Waals surface area contributed by atoms with Crippen LogP contribution >= 0.6 is 11.8 Å². The summed E-state index contributed by atoms with van der Waals surface area (Å²) in [6, 6.07) is 0. The van der Waals surface area contributed by atoms with Crippen LogP contribution in [0.1, 0.15) is 110 Å². The van der Waals surface area contributed by atoms with E-state index in [1.807, 2.05) is 42.1 Å². The summed E-state index contributed by atoms with van der Waals surface area (Å²) in [7, 11) is 2.01. The van der Waals surface area contributed by atoms with Gasteiger partial charge in [-0.15, -0.1) is 0 Å². The Morgan fingerprint density at radius 3 is 1.70 bits per heavy atom. The Kier molecular flexibility index (Phi) is 22.6. The van der Waals surface area contributed by atoms with Gasteiger partial charge < -0.3 is 29.1 Å². The highest BCUT2D eigenvalue weighted by Crippen LogP contribution is 2.15. The average Bonchev–Trinajstić information content (AvgIpc) is 3.11. The normalized spacial score (nSPS) is 12.1. The first-order valence-electron chi connectivity index (χ1n) is 12.5. The number of unbranched alkanes of at least 4 members (excludes halogenated alkanes) is 15. The van der Waals surface area contributed by atoms with Crippen molar-refractivity contribution in [3.8, 4) is 0 Å². The molecule has 1 N–H and O–H groups in total. The van der Waals surface area contributed by atoms with E-state index in [1.165, 1.54) is 108 Å². The fraction of sp³-hybridized carbons (Fsp3) is 0.880. The van der Waals surface area contributed by atoms with Gasteiger partial charge >= 0.3 is 0 Å². The SMILES string of the molecule is CCCCCCCCCCCCCCCCCCSCC(O)Cn1cc[n+](C)c1.[I-].